The van der Waals surface area contributed by atoms with Gasteiger partial charge in [-0.25, -0.2) is 4.79 Å². The van der Waals surface area contributed by atoms with Crippen LogP contribution in [0.25, 0.3) is 0 Å². The molecule has 22 heavy (non-hydrogen) atoms. The van der Waals surface area contributed by atoms with Crippen molar-refractivity contribution in [2.75, 3.05) is 0 Å². The number of hydrogen-bond donors (Lipinski definition) is 0. The van der Waals surface area contributed by atoms with Crippen molar-refractivity contribution in [1.82, 2.24) is 0 Å². The van der Waals surface area contributed by atoms with Crippen LogP contribution in [0.1, 0.15) is 37.8 Å². The Balaban J connectivity index is 2.20. The van der Waals surface area contributed by atoms with Crippen molar-refractivity contribution < 1.29 is 9.53 Å². The number of carbonyl (C=O) groups excluding carboxylic acids is 1. The largest absolute Gasteiger partial charge is 0.446 e. The van der Waals surface area contributed by atoms with E-state index in [1.807, 2.05) is 60.7 Å². The number of carbonyl (C=O) groups is 1. The van der Waals surface area contributed by atoms with E-state index in [4.69, 9.17) is 4.74 Å². The molecule has 0 saturated carbocycles. The van der Waals surface area contributed by atoms with Crippen LogP contribution in [0.3, 0.4) is 0 Å². The van der Waals surface area contributed by atoms with Gasteiger partial charge in [0.25, 0.3) is 0 Å². The van der Waals surface area contributed by atoms with Crippen molar-refractivity contribution in [3.63, 3.8) is 0 Å². The fraction of sp³-hybridized carbons (Fsp3) is 0.316. The molecule has 2 aromatic carbocycles. The lowest BCUT2D eigenvalue weighted by atomic mass is 9.90. The van der Waals surface area contributed by atoms with Gasteiger partial charge in [-0.15, -0.1) is 0 Å². The monoisotopic (exact) mass is 312 g/mol. The molecule has 0 unspecified atom stereocenters. The Morgan fingerprint density at radius 2 is 1.32 bits per heavy atom. The third kappa shape index (κ3) is 2.24. The van der Waals surface area contributed by atoms with E-state index in [9.17, 15) is 4.79 Å². The molecule has 0 radical (unpaired) electrons. The molecule has 1 fully saturated rings. The molecular weight excluding hydrogens is 292 g/mol. The van der Waals surface area contributed by atoms with Crippen LogP contribution in [0.15, 0.2) is 60.7 Å². The summed E-state index contributed by atoms with van der Waals surface area (Å²) in [5.41, 5.74) is 1.97. The van der Waals surface area contributed by atoms with Crippen molar-refractivity contribution in [2.45, 2.75) is 36.4 Å². The molecule has 0 bridgehead atoms. The van der Waals surface area contributed by atoms with Crippen LogP contribution in [0.2, 0.25) is 0 Å². The minimum absolute atomic E-state index is 0.154. The molecule has 1 heterocycles. The summed E-state index contributed by atoms with van der Waals surface area (Å²) in [5.74, 6) is -0.154. The summed E-state index contributed by atoms with van der Waals surface area (Å²) in [7, 11) is 0. The summed E-state index contributed by atoms with van der Waals surface area (Å²) >= 11 is 1.65. The number of ether oxygens (including phenoxy) is 1. The third-order valence-electron chi connectivity index (χ3n) is 4.34. The van der Waals surface area contributed by atoms with Gasteiger partial charge < -0.3 is 4.74 Å². The van der Waals surface area contributed by atoms with Crippen molar-refractivity contribution in [2.24, 2.45) is 0 Å². The highest BCUT2D eigenvalue weighted by Crippen LogP contribution is 2.58. The predicted octanol–water partition coefficient (Wildman–Crippen LogP) is 4.74. The Kier molecular flexibility index (Phi) is 4.00. The number of hydrogen-bond acceptors (Lipinski definition) is 3. The Morgan fingerprint density at radius 3 is 1.68 bits per heavy atom. The van der Waals surface area contributed by atoms with Gasteiger partial charge >= 0.3 is 5.97 Å². The first-order chi connectivity index (χ1) is 10.7. The number of cyclic esters (lactones) is 1. The van der Waals surface area contributed by atoms with Crippen molar-refractivity contribution in [1.29, 1.82) is 0 Å². The molecule has 114 valence electrons. The second-order valence-corrected chi connectivity index (χ2v) is 7.08. The first kappa shape index (κ1) is 15.2. The van der Waals surface area contributed by atoms with E-state index in [1.54, 1.807) is 11.8 Å². The molecule has 2 nitrogen and oxygen atoms in total. The molecule has 0 amide bonds. The van der Waals surface area contributed by atoms with Crippen LogP contribution in [-0.4, -0.2) is 10.9 Å². The first-order valence-electron chi connectivity index (χ1n) is 7.71. The van der Waals surface area contributed by atoms with Gasteiger partial charge in [0.05, 0.1) is 0 Å². The van der Waals surface area contributed by atoms with Gasteiger partial charge in [-0.1, -0.05) is 86.3 Å². The fourth-order valence-electron chi connectivity index (χ4n) is 2.99. The highest BCUT2D eigenvalue weighted by atomic mass is 32.2. The quantitative estimate of drug-likeness (QED) is 0.763. The lowest BCUT2D eigenvalue weighted by Gasteiger charge is -2.28. The lowest BCUT2D eigenvalue weighted by molar-refractivity contribution is -0.150. The minimum Gasteiger partial charge on any atom is -0.446 e. The molecule has 0 atom stereocenters. The molecule has 0 aliphatic carbocycles. The maximum atomic E-state index is 13.0. The summed E-state index contributed by atoms with van der Waals surface area (Å²) in [5, 5.41) is 0. The van der Waals surface area contributed by atoms with E-state index in [0.717, 1.165) is 24.0 Å². The van der Waals surface area contributed by atoms with E-state index < -0.39 is 9.68 Å². The second kappa shape index (κ2) is 5.81. The highest BCUT2D eigenvalue weighted by molar-refractivity contribution is 8.02. The maximum Gasteiger partial charge on any atom is 0.332 e. The molecule has 0 aromatic heterocycles. The summed E-state index contributed by atoms with van der Waals surface area (Å²) in [6, 6.07) is 19.9. The Bertz CT molecular complexity index is 608. The zero-order chi connectivity index (χ0) is 15.6. The predicted molar refractivity (Wildman–Crippen MR) is 90.7 cm³/mol. The van der Waals surface area contributed by atoms with Crippen LogP contribution in [0.4, 0.5) is 0 Å². The zero-order valence-electron chi connectivity index (χ0n) is 12.9. The van der Waals surface area contributed by atoms with E-state index >= 15 is 0 Å². The van der Waals surface area contributed by atoms with Gasteiger partial charge in [0.2, 0.25) is 0 Å². The summed E-state index contributed by atoms with van der Waals surface area (Å²) < 4.78 is 5.13. The Hall–Kier alpha value is -1.74. The van der Waals surface area contributed by atoms with Gasteiger partial charge in [-0.2, -0.15) is 0 Å². The standard InChI is InChI=1S/C19H20O2S/c1-3-18(4-2)21-17(20)19(22-18,15-11-7-5-8-12-15)16-13-9-6-10-14-16/h5-14H,3-4H2,1-2H3. The van der Waals surface area contributed by atoms with Gasteiger partial charge in [-0.3, -0.25) is 0 Å². The summed E-state index contributed by atoms with van der Waals surface area (Å²) in [4.78, 5) is 12.5. The maximum absolute atomic E-state index is 13.0. The summed E-state index contributed by atoms with van der Waals surface area (Å²) in [6.07, 6.45) is 1.61. The third-order valence-corrected chi connectivity index (χ3v) is 6.32. The molecule has 1 aliphatic heterocycles. The van der Waals surface area contributed by atoms with E-state index in [-0.39, 0.29) is 5.97 Å². The van der Waals surface area contributed by atoms with Crippen LogP contribution in [0.5, 0.6) is 0 Å². The minimum atomic E-state index is -0.769. The van der Waals surface area contributed by atoms with E-state index in [2.05, 4.69) is 13.8 Å². The number of thioether (sulfide) groups is 1. The van der Waals surface area contributed by atoms with Gasteiger partial charge in [0.15, 0.2) is 9.68 Å². The topological polar surface area (TPSA) is 26.3 Å². The van der Waals surface area contributed by atoms with Gasteiger partial charge in [0.1, 0.15) is 0 Å². The van der Waals surface area contributed by atoms with Crippen LogP contribution < -0.4 is 0 Å². The van der Waals surface area contributed by atoms with Crippen LogP contribution in [0, 0.1) is 0 Å². The van der Waals surface area contributed by atoms with Crippen molar-refractivity contribution >= 4 is 17.7 Å². The molecule has 3 heteroatoms. The van der Waals surface area contributed by atoms with Crippen molar-refractivity contribution in [3.05, 3.63) is 71.8 Å². The number of benzene rings is 2. The smallest absolute Gasteiger partial charge is 0.332 e. The molecule has 3 rings (SSSR count). The van der Waals surface area contributed by atoms with Crippen LogP contribution >= 0.6 is 11.8 Å². The van der Waals surface area contributed by atoms with E-state index in [0.29, 0.717) is 0 Å². The normalized spacial score (nSPS) is 18.9. The molecule has 2 aromatic rings. The average molecular weight is 312 g/mol. The molecule has 0 N–H and O–H groups in total. The Morgan fingerprint density at radius 1 is 0.864 bits per heavy atom. The SMILES string of the molecule is CCC1(CC)OC(=O)C(c2ccccc2)(c2ccccc2)S1. The first-order valence-corrected chi connectivity index (χ1v) is 8.53. The summed E-state index contributed by atoms with van der Waals surface area (Å²) in [6.45, 7) is 4.16. The second-order valence-electron chi connectivity index (χ2n) is 5.52. The van der Waals surface area contributed by atoms with E-state index in [1.165, 1.54) is 0 Å². The number of esters is 1. The molecule has 1 saturated heterocycles. The van der Waals surface area contributed by atoms with Crippen molar-refractivity contribution in [3.8, 4) is 0 Å². The highest BCUT2D eigenvalue weighted by Gasteiger charge is 2.58. The fourth-order valence-corrected chi connectivity index (χ4v) is 4.58. The molecule has 0 spiro atoms. The lowest BCUT2D eigenvalue weighted by Crippen LogP contribution is -2.30. The molecule has 1 aliphatic rings. The Labute approximate surface area is 135 Å². The van der Waals surface area contributed by atoms with Gasteiger partial charge in [0, 0.05) is 0 Å². The molecular formula is C19H20O2S. The zero-order valence-corrected chi connectivity index (χ0v) is 13.7. The van der Waals surface area contributed by atoms with Gasteiger partial charge in [-0.05, 0) is 24.0 Å². The van der Waals surface area contributed by atoms with Crippen LogP contribution in [-0.2, 0) is 14.3 Å². The average Bonchev–Trinajstić information content (AvgIpc) is 2.91. The number of rotatable bonds is 4.